The minimum absolute atomic E-state index is 0.0770. The summed E-state index contributed by atoms with van der Waals surface area (Å²) in [5, 5.41) is 9.01. The molecule has 0 saturated carbocycles. The second kappa shape index (κ2) is 3.29. The number of oxazole rings is 1. The molecule has 0 spiro atoms. The maximum atomic E-state index is 9.01. The van der Waals surface area contributed by atoms with Crippen molar-refractivity contribution in [3.05, 3.63) is 30.5 Å². The lowest BCUT2D eigenvalue weighted by Crippen LogP contribution is -1.82. The summed E-state index contributed by atoms with van der Waals surface area (Å²) in [5.41, 5.74) is 5.31. The lowest BCUT2D eigenvalue weighted by Gasteiger charge is -1.99. The Labute approximate surface area is 79.8 Å². The molecule has 1 heterocycles. The Hall–Kier alpha value is -2.17. The van der Waals surface area contributed by atoms with E-state index in [2.05, 4.69) is 4.98 Å². The van der Waals surface area contributed by atoms with E-state index in [9.17, 15) is 0 Å². The van der Waals surface area contributed by atoms with Gasteiger partial charge in [-0.2, -0.15) is 4.98 Å². The van der Waals surface area contributed by atoms with Crippen molar-refractivity contribution in [2.24, 2.45) is 0 Å². The molecule has 3 N–H and O–H groups in total. The summed E-state index contributed by atoms with van der Waals surface area (Å²) in [6, 6.07) is 6.19. The SMILES string of the molecule is Nc1cnc(Oc2ccc(O)cc2)o1. The first-order chi connectivity index (χ1) is 6.74. The molecule has 0 aliphatic carbocycles. The van der Waals surface area contributed by atoms with Crippen LogP contribution in [0.5, 0.6) is 17.6 Å². The Kier molecular flexibility index (Phi) is 1.98. The van der Waals surface area contributed by atoms with E-state index in [1.165, 1.54) is 18.3 Å². The van der Waals surface area contributed by atoms with Crippen LogP contribution in [0.4, 0.5) is 5.88 Å². The highest BCUT2D eigenvalue weighted by atomic mass is 16.6. The van der Waals surface area contributed by atoms with Crippen LogP contribution in [-0.4, -0.2) is 10.1 Å². The number of rotatable bonds is 2. The molecule has 0 aliphatic heterocycles. The fourth-order valence-electron chi connectivity index (χ4n) is 0.932. The normalized spacial score (nSPS) is 10.0. The number of benzene rings is 1. The molecular formula is C9H8N2O3. The third-order valence-corrected chi connectivity index (χ3v) is 1.54. The highest BCUT2D eigenvalue weighted by molar-refractivity contribution is 5.32. The Bertz CT molecular complexity index is 422. The predicted molar refractivity (Wildman–Crippen MR) is 49.1 cm³/mol. The summed E-state index contributed by atoms with van der Waals surface area (Å²) in [6.07, 6.45) is 1.43. The lowest BCUT2D eigenvalue weighted by molar-refractivity contribution is 0.336. The number of nitrogen functional groups attached to an aromatic ring is 1. The van der Waals surface area contributed by atoms with E-state index in [1.54, 1.807) is 12.1 Å². The highest BCUT2D eigenvalue weighted by Crippen LogP contribution is 2.23. The van der Waals surface area contributed by atoms with Gasteiger partial charge in [0, 0.05) is 0 Å². The molecule has 14 heavy (non-hydrogen) atoms. The van der Waals surface area contributed by atoms with Crippen LogP contribution in [-0.2, 0) is 0 Å². The van der Waals surface area contributed by atoms with Crippen molar-refractivity contribution in [1.29, 1.82) is 0 Å². The minimum Gasteiger partial charge on any atom is -0.508 e. The van der Waals surface area contributed by atoms with E-state index in [0.717, 1.165) is 0 Å². The number of nitrogens with two attached hydrogens (primary N) is 1. The molecule has 0 radical (unpaired) electrons. The molecule has 0 bridgehead atoms. The Morgan fingerprint density at radius 3 is 2.57 bits per heavy atom. The van der Waals surface area contributed by atoms with Crippen LogP contribution in [0.2, 0.25) is 0 Å². The summed E-state index contributed by atoms with van der Waals surface area (Å²) in [5.74, 6) is 0.882. The first-order valence-corrected chi connectivity index (χ1v) is 3.92. The molecule has 0 saturated heterocycles. The number of hydrogen-bond donors (Lipinski definition) is 2. The molecule has 2 aromatic rings. The first-order valence-electron chi connectivity index (χ1n) is 3.92. The maximum absolute atomic E-state index is 9.01. The topological polar surface area (TPSA) is 81.5 Å². The zero-order chi connectivity index (χ0) is 9.97. The van der Waals surface area contributed by atoms with Crippen molar-refractivity contribution in [2.75, 3.05) is 5.73 Å². The van der Waals surface area contributed by atoms with E-state index in [4.69, 9.17) is 20.0 Å². The molecule has 0 aliphatic rings. The molecular weight excluding hydrogens is 184 g/mol. The Balaban J connectivity index is 2.15. The zero-order valence-corrected chi connectivity index (χ0v) is 7.18. The molecule has 0 atom stereocenters. The average molecular weight is 192 g/mol. The predicted octanol–water partition coefficient (Wildman–Crippen LogP) is 1.75. The van der Waals surface area contributed by atoms with Crippen LogP contribution < -0.4 is 10.5 Å². The van der Waals surface area contributed by atoms with Crippen LogP contribution in [0.25, 0.3) is 0 Å². The summed E-state index contributed by atoms with van der Waals surface area (Å²) in [6.45, 7) is 0. The second-order valence-corrected chi connectivity index (χ2v) is 2.62. The number of ether oxygens (including phenoxy) is 1. The van der Waals surface area contributed by atoms with Crippen molar-refractivity contribution in [3.8, 4) is 17.6 Å². The van der Waals surface area contributed by atoms with Gasteiger partial charge < -0.3 is 20.0 Å². The van der Waals surface area contributed by atoms with Gasteiger partial charge in [0.05, 0.1) is 6.20 Å². The van der Waals surface area contributed by atoms with Gasteiger partial charge in [-0.15, -0.1) is 0 Å². The molecule has 1 aromatic heterocycles. The highest BCUT2D eigenvalue weighted by Gasteiger charge is 2.03. The number of aromatic hydroxyl groups is 1. The van der Waals surface area contributed by atoms with Gasteiger partial charge in [-0.1, -0.05) is 0 Å². The number of nitrogens with zero attached hydrogens (tertiary/aromatic N) is 1. The van der Waals surface area contributed by atoms with E-state index in [-0.39, 0.29) is 17.7 Å². The van der Waals surface area contributed by atoms with Crippen LogP contribution in [0, 0.1) is 0 Å². The fraction of sp³-hybridized carbons (Fsp3) is 0. The van der Waals surface area contributed by atoms with Gasteiger partial charge in [0.2, 0.25) is 5.88 Å². The van der Waals surface area contributed by atoms with Crippen LogP contribution in [0.1, 0.15) is 0 Å². The quantitative estimate of drug-likeness (QED) is 0.757. The number of anilines is 1. The smallest absolute Gasteiger partial charge is 0.400 e. The summed E-state index contributed by atoms with van der Waals surface area (Å²) >= 11 is 0. The maximum Gasteiger partial charge on any atom is 0.400 e. The van der Waals surface area contributed by atoms with Crippen molar-refractivity contribution in [2.45, 2.75) is 0 Å². The van der Waals surface area contributed by atoms with Gasteiger partial charge in [0.15, 0.2) is 0 Å². The van der Waals surface area contributed by atoms with Crippen LogP contribution in [0.3, 0.4) is 0 Å². The monoisotopic (exact) mass is 192 g/mol. The third kappa shape index (κ3) is 1.77. The summed E-state index contributed by atoms with van der Waals surface area (Å²) < 4.78 is 10.1. The first kappa shape index (κ1) is 8.43. The molecule has 1 aromatic carbocycles. The van der Waals surface area contributed by atoms with Crippen LogP contribution >= 0.6 is 0 Å². The molecule has 5 heteroatoms. The van der Waals surface area contributed by atoms with Crippen molar-refractivity contribution < 1.29 is 14.3 Å². The Morgan fingerprint density at radius 1 is 1.29 bits per heavy atom. The van der Waals surface area contributed by atoms with Crippen molar-refractivity contribution in [3.63, 3.8) is 0 Å². The van der Waals surface area contributed by atoms with Gasteiger partial charge in [-0.05, 0) is 24.3 Å². The molecule has 0 unspecified atom stereocenters. The van der Waals surface area contributed by atoms with E-state index in [1.807, 2.05) is 0 Å². The second-order valence-electron chi connectivity index (χ2n) is 2.62. The summed E-state index contributed by atoms with van der Waals surface area (Å²) in [7, 11) is 0. The van der Waals surface area contributed by atoms with E-state index >= 15 is 0 Å². The average Bonchev–Trinajstić information content (AvgIpc) is 2.56. The van der Waals surface area contributed by atoms with Gasteiger partial charge in [0.25, 0.3) is 0 Å². The number of phenolic OH excluding ortho intramolecular Hbond substituents is 1. The molecule has 0 amide bonds. The molecule has 0 fully saturated rings. The summed E-state index contributed by atoms with van der Waals surface area (Å²) in [4.78, 5) is 3.76. The van der Waals surface area contributed by atoms with Crippen LogP contribution in [0.15, 0.2) is 34.9 Å². The van der Waals surface area contributed by atoms with Gasteiger partial charge in [-0.25, -0.2) is 0 Å². The third-order valence-electron chi connectivity index (χ3n) is 1.54. The molecule has 72 valence electrons. The number of phenols is 1. The van der Waals surface area contributed by atoms with Gasteiger partial charge in [0.1, 0.15) is 11.5 Å². The largest absolute Gasteiger partial charge is 0.508 e. The van der Waals surface area contributed by atoms with Crippen molar-refractivity contribution >= 4 is 5.88 Å². The number of aromatic nitrogens is 1. The zero-order valence-electron chi connectivity index (χ0n) is 7.18. The number of hydrogen-bond acceptors (Lipinski definition) is 5. The standard InChI is InChI=1S/C9H8N2O3/c10-8-5-11-9(14-8)13-7-3-1-6(12)2-4-7/h1-5,12H,10H2. The Morgan fingerprint density at radius 2 is 2.00 bits per heavy atom. The van der Waals surface area contributed by atoms with E-state index < -0.39 is 0 Å². The van der Waals surface area contributed by atoms with Gasteiger partial charge in [-0.3, -0.25) is 0 Å². The molecule has 5 nitrogen and oxygen atoms in total. The molecule has 2 rings (SSSR count). The van der Waals surface area contributed by atoms with Crippen molar-refractivity contribution in [1.82, 2.24) is 4.98 Å². The van der Waals surface area contributed by atoms with Gasteiger partial charge >= 0.3 is 6.08 Å². The lowest BCUT2D eigenvalue weighted by atomic mass is 10.3. The minimum atomic E-state index is 0.0770. The fourth-order valence-corrected chi connectivity index (χ4v) is 0.932. The van der Waals surface area contributed by atoms with E-state index in [0.29, 0.717) is 5.75 Å².